The lowest BCUT2D eigenvalue weighted by Crippen LogP contribution is -2.59. The smallest absolute Gasteiger partial charge is 0.306 e. The number of esters is 1. The molecule has 1 fully saturated rings. The van der Waals surface area contributed by atoms with Crippen LogP contribution < -0.4 is 0 Å². The molecule has 9 nitrogen and oxygen atoms in total. The van der Waals surface area contributed by atoms with Crippen LogP contribution in [0, 0.1) is 0 Å². The number of aliphatic hydroxyl groups excluding tert-OH is 4. The predicted octanol–water partition coefficient (Wildman–Crippen LogP) is 12.0. The molecule has 0 bridgehead atoms. The molecule has 1 aliphatic heterocycles. The minimum Gasteiger partial charge on any atom is -0.457 e. The van der Waals surface area contributed by atoms with Crippen molar-refractivity contribution in [3.63, 3.8) is 0 Å². The van der Waals surface area contributed by atoms with Crippen molar-refractivity contribution in [2.75, 3.05) is 26.4 Å². The van der Waals surface area contributed by atoms with Crippen molar-refractivity contribution in [1.29, 1.82) is 0 Å². The molecule has 0 aliphatic carbocycles. The first-order chi connectivity index (χ1) is 32.4. The third-order valence-electron chi connectivity index (χ3n) is 9.95. The fourth-order valence-electron chi connectivity index (χ4n) is 6.20. The fraction of sp³-hybridized carbons (Fsp3) is 0.526. The summed E-state index contributed by atoms with van der Waals surface area (Å²) in [6.45, 7) is 4.08. The van der Waals surface area contributed by atoms with Crippen molar-refractivity contribution >= 4 is 5.97 Å². The molecule has 0 aromatic heterocycles. The van der Waals surface area contributed by atoms with E-state index < -0.39 is 49.4 Å². The van der Waals surface area contributed by atoms with Crippen LogP contribution >= 0.6 is 0 Å². The highest BCUT2D eigenvalue weighted by molar-refractivity contribution is 5.69. The maximum Gasteiger partial charge on any atom is 0.306 e. The molecule has 368 valence electrons. The minimum absolute atomic E-state index is 0.0710. The van der Waals surface area contributed by atoms with E-state index in [0.29, 0.717) is 13.0 Å². The monoisotopic (exact) mass is 915 g/mol. The van der Waals surface area contributed by atoms with Crippen LogP contribution in [0.15, 0.2) is 158 Å². The Morgan fingerprint density at radius 3 is 1.26 bits per heavy atom. The Morgan fingerprint density at radius 1 is 0.485 bits per heavy atom. The maximum absolute atomic E-state index is 12.8. The van der Waals surface area contributed by atoms with Crippen LogP contribution in [0.5, 0.6) is 0 Å². The average molecular weight is 915 g/mol. The molecule has 0 saturated carbocycles. The summed E-state index contributed by atoms with van der Waals surface area (Å²) >= 11 is 0. The number of unbranched alkanes of at least 4 members (excludes halogenated alkanes) is 2. The molecule has 0 aromatic carbocycles. The van der Waals surface area contributed by atoms with Gasteiger partial charge in [-0.15, -0.1) is 0 Å². The summed E-state index contributed by atoms with van der Waals surface area (Å²) < 4.78 is 22.7. The van der Waals surface area contributed by atoms with Gasteiger partial charge in [0.1, 0.15) is 30.5 Å². The predicted molar refractivity (Wildman–Crippen MR) is 274 cm³/mol. The highest BCUT2D eigenvalue weighted by Crippen LogP contribution is 2.22. The number of hydrogen-bond donors (Lipinski definition) is 4. The van der Waals surface area contributed by atoms with Crippen LogP contribution in [0.4, 0.5) is 0 Å². The van der Waals surface area contributed by atoms with Gasteiger partial charge >= 0.3 is 5.97 Å². The molecule has 0 aromatic rings. The van der Waals surface area contributed by atoms with E-state index in [2.05, 4.69) is 160 Å². The minimum atomic E-state index is -1.57. The maximum atomic E-state index is 12.8. The lowest BCUT2D eigenvalue weighted by molar-refractivity contribution is -0.305. The first-order valence-electron chi connectivity index (χ1n) is 24.6. The van der Waals surface area contributed by atoms with E-state index in [1.165, 1.54) is 0 Å². The Labute approximate surface area is 399 Å². The van der Waals surface area contributed by atoms with E-state index in [0.717, 1.165) is 103 Å². The molecular formula is C57H86O9. The molecule has 9 heteroatoms. The molecule has 1 saturated heterocycles. The third kappa shape index (κ3) is 36.0. The van der Waals surface area contributed by atoms with Gasteiger partial charge in [-0.2, -0.15) is 0 Å². The van der Waals surface area contributed by atoms with E-state index in [9.17, 15) is 25.2 Å². The molecule has 6 unspecified atom stereocenters. The topological polar surface area (TPSA) is 135 Å². The number of allylic oxidation sites excluding steroid dienone is 26. The Hall–Kier alpha value is -4.19. The zero-order chi connectivity index (χ0) is 47.8. The van der Waals surface area contributed by atoms with E-state index >= 15 is 0 Å². The molecule has 0 amide bonds. The second-order valence-electron chi connectivity index (χ2n) is 15.8. The van der Waals surface area contributed by atoms with Gasteiger partial charge in [-0.05, 0) is 109 Å². The highest BCUT2D eigenvalue weighted by atomic mass is 16.7. The second kappa shape index (κ2) is 45.9. The van der Waals surface area contributed by atoms with Gasteiger partial charge in [-0.3, -0.25) is 4.79 Å². The van der Waals surface area contributed by atoms with E-state index in [4.69, 9.17) is 18.9 Å². The number of rotatable bonds is 39. The van der Waals surface area contributed by atoms with Crippen molar-refractivity contribution in [1.82, 2.24) is 0 Å². The number of carbonyl (C=O) groups is 1. The van der Waals surface area contributed by atoms with Gasteiger partial charge in [-0.25, -0.2) is 0 Å². The quantitative estimate of drug-likeness (QED) is 0.0270. The van der Waals surface area contributed by atoms with Crippen LogP contribution in [0.25, 0.3) is 0 Å². The van der Waals surface area contributed by atoms with Gasteiger partial charge in [-0.1, -0.05) is 172 Å². The molecule has 1 rings (SSSR count). The van der Waals surface area contributed by atoms with Crippen molar-refractivity contribution in [2.45, 2.75) is 166 Å². The molecule has 6 atom stereocenters. The summed E-state index contributed by atoms with van der Waals surface area (Å²) in [6.07, 6.45) is 64.3. The van der Waals surface area contributed by atoms with Crippen LogP contribution in [0.2, 0.25) is 0 Å². The fourth-order valence-corrected chi connectivity index (χ4v) is 6.20. The summed E-state index contributed by atoms with van der Waals surface area (Å²) in [7, 11) is 0. The van der Waals surface area contributed by atoms with Gasteiger partial charge in [0.2, 0.25) is 0 Å². The Bertz CT molecular complexity index is 1550. The van der Waals surface area contributed by atoms with Crippen molar-refractivity contribution in [2.24, 2.45) is 0 Å². The highest BCUT2D eigenvalue weighted by Gasteiger charge is 2.44. The van der Waals surface area contributed by atoms with Crippen LogP contribution in [-0.4, -0.2) is 89.6 Å². The third-order valence-corrected chi connectivity index (χ3v) is 9.95. The second-order valence-corrected chi connectivity index (χ2v) is 15.8. The van der Waals surface area contributed by atoms with E-state index in [-0.39, 0.29) is 19.6 Å². The van der Waals surface area contributed by atoms with Crippen molar-refractivity contribution in [3.8, 4) is 0 Å². The molecule has 4 N–H and O–H groups in total. The van der Waals surface area contributed by atoms with Gasteiger partial charge in [0, 0.05) is 13.0 Å². The van der Waals surface area contributed by atoms with Crippen molar-refractivity contribution in [3.05, 3.63) is 158 Å². The van der Waals surface area contributed by atoms with Gasteiger partial charge in [0.25, 0.3) is 0 Å². The molecule has 1 heterocycles. The van der Waals surface area contributed by atoms with Gasteiger partial charge < -0.3 is 39.4 Å². The Kier molecular flexibility index (Phi) is 41.6. The van der Waals surface area contributed by atoms with Crippen LogP contribution in [-0.2, 0) is 23.7 Å². The lowest BCUT2D eigenvalue weighted by atomic mass is 9.99. The van der Waals surface area contributed by atoms with E-state index in [1.807, 2.05) is 12.2 Å². The lowest BCUT2D eigenvalue weighted by Gasteiger charge is -2.39. The summed E-state index contributed by atoms with van der Waals surface area (Å²) in [6, 6.07) is 0. The molecule has 66 heavy (non-hydrogen) atoms. The number of ether oxygens (including phenoxy) is 4. The first-order valence-corrected chi connectivity index (χ1v) is 24.6. The van der Waals surface area contributed by atoms with Crippen LogP contribution in [0.3, 0.4) is 0 Å². The summed E-state index contributed by atoms with van der Waals surface area (Å²) in [5.74, 6) is -0.419. The van der Waals surface area contributed by atoms with Crippen molar-refractivity contribution < 1.29 is 44.2 Å². The average Bonchev–Trinajstić information content (AvgIpc) is 3.32. The number of carbonyl (C=O) groups excluding carboxylic acids is 1. The van der Waals surface area contributed by atoms with E-state index in [1.54, 1.807) is 0 Å². The van der Waals surface area contributed by atoms with Gasteiger partial charge in [0.05, 0.1) is 19.8 Å². The largest absolute Gasteiger partial charge is 0.457 e. The molecule has 0 spiro atoms. The molecule has 1 aliphatic rings. The normalized spacial score (nSPS) is 20.7. The summed E-state index contributed by atoms with van der Waals surface area (Å²) in [5.41, 5.74) is 0. The summed E-state index contributed by atoms with van der Waals surface area (Å²) in [5, 5.41) is 40.2. The standard InChI is InChI=1S/C57H86O9/c1-3-5-7-9-11-13-15-17-19-21-23-24-25-26-27-29-31-33-35-37-39-41-43-45-47-63-49-51(50-64-57-56(62)55(61)54(60)52(48-58)66-57)65-53(59)46-44-42-40-38-36-34-32-30-28-22-20-18-16-14-12-10-8-6-4-2/h5-8,11-14,17-20,23-24,26-28,30-31,33-34,36-37,39-40,42,51-52,54-58,60-62H,3-4,9-10,15-16,21-22,25,29,32,35,38,41,43-50H2,1-2H3/b7-5-,8-6-,13-11-,14-12-,19-17-,20-18-,24-23-,27-26-,30-28-,33-31-,36-34-,39-37-,42-40-. The van der Waals surface area contributed by atoms with Gasteiger partial charge in [0.15, 0.2) is 6.29 Å². The molecule has 0 radical (unpaired) electrons. The summed E-state index contributed by atoms with van der Waals surface area (Å²) in [4.78, 5) is 12.8. The Morgan fingerprint density at radius 2 is 0.864 bits per heavy atom. The zero-order valence-electron chi connectivity index (χ0n) is 40.4. The van der Waals surface area contributed by atoms with Crippen LogP contribution in [0.1, 0.15) is 129 Å². The number of aliphatic hydroxyl groups is 4. The molecular weight excluding hydrogens is 829 g/mol. The Balaban J connectivity index is 2.35. The first kappa shape index (κ1) is 59.8. The number of hydrogen-bond acceptors (Lipinski definition) is 9. The zero-order valence-corrected chi connectivity index (χ0v) is 40.4. The SMILES string of the molecule is CC/C=C\C/C=C\C/C=C\C/C=C\C/C=C\C/C=C\C/C=C\CCCCOCC(COC1OC(CO)C(O)C(O)C1O)OC(=O)CC/C=C\C/C=C\C/C=C\C/C=C\C/C=C\C/C=C\CC.